The van der Waals surface area contributed by atoms with Gasteiger partial charge in [-0.3, -0.25) is 4.79 Å². The van der Waals surface area contributed by atoms with Crippen molar-refractivity contribution in [2.75, 3.05) is 5.32 Å². The zero-order valence-corrected chi connectivity index (χ0v) is 12.5. The number of nitrogens with two attached hydrogens (primary N) is 1. The van der Waals surface area contributed by atoms with Gasteiger partial charge in [-0.05, 0) is 46.3 Å². The number of nitrogens with zero attached hydrogens (tertiary/aromatic N) is 1. The van der Waals surface area contributed by atoms with Crippen LogP contribution in [0.1, 0.15) is 10.4 Å². The van der Waals surface area contributed by atoms with E-state index in [0.29, 0.717) is 15.9 Å². The average Bonchev–Trinajstić information content (AvgIpc) is 2.38. The first-order chi connectivity index (χ1) is 9.38. The number of benzene rings is 1. The normalized spacial score (nSPS) is 11.1. The van der Waals surface area contributed by atoms with E-state index in [2.05, 4.69) is 26.2 Å². The van der Waals surface area contributed by atoms with Crippen LogP contribution in [0.15, 0.2) is 52.1 Å². The quantitative estimate of drug-likeness (QED) is 0.818. The molecule has 104 valence electrons. The first-order valence-corrected chi connectivity index (χ1v) is 7.76. The highest BCUT2D eigenvalue weighted by Gasteiger charge is 2.12. The molecule has 0 aliphatic carbocycles. The van der Waals surface area contributed by atoms with Gasteiger partial charge in [-0.1, -0.05) is 6.07 Å². The summed E-state index contributed by atoms with van der Waals surface area (Å²) in [7, 11) is -3.81. The number of aromatic nitrogens is 1. The van der Waals surface area contributed by atoms with Crippen LogP contribution in [0.3, 0.4) is 0 Å². The monoisotopic (exact) mass is 355 g/mol. The molecule has 0 aliphatic heterocycles. The highest BCUT2D eigenvalue weighted by atomic mass is 79.9. The Kier molecular flexibility index (Phi) is 4.17. The largest absolute Gasteiger partial charge is 0.322 e. The van der Waals surface area contributed by atoms with Crippen molar-refractivity contribution in [2.45, 2.75) is 4.90 Å². The molecule has 8 heteroatoms. The Labute approximate surface area is 124 Å². The smallest absolute Gasteiger partial charge is 0.258 e. The molecule has 0 unspecified atom stereocenters. The maximum Gasteiger partial charge on any atom is 0.258 e. The number of pyridine rings is 1. The van der Waals surface area contributed by atoms with Gasteiger partial charge in [0.15, 0.2) is 0 Å². The summed E-state index contributed by atoms with van der Waals surface area (Å²) in [5, 5.41) is 7.62. The second-order valence-corrected chi connectivity index (χ2v) is 6.18. The molecule has 6 nitrogen and oxygen atoms in total. The van der Waals surface area contributed by atoms with Gasteiger partial charge in [0, 0.05) is 11.9 Å². The Hall–Kier alpha value is -1.77. The van der Waals surface area contributed by atoms with Crippen molar-refractivity contribution in [3.63, 3.8) is 0 Å². The molecular weight excluding hydrogens is 346 g/mol. The van der Waals surface area contributed by atoms with Gasteiger partial charge in [-0.15, -0.1) is 0 Å². The number of hydrogen-bond donors (Lipinski definition) is 2. The van der Waals surface area contributed by atoms with Gasteiger partial charge in [0.1, 0.15) is 4.60 Å². The summed E-state index contributed by atoms with van der Waals surface area (Å²) in [6.45, 7) is 0. The van der Waals surface area contributed by atoms with Crippen LogP contribution in [0.5, 0.6) is 0 Å². The first kappa shape index (κ1) is 14.6. The van der Waals surface area contributed by atoms with Crippen LogP contribution < -0.4 is 10.5 Å². The number of rotatable bonds is 3. The van der Waals surface area contributed by atoms with Crippen molar-refractivity contribution in [2.24, 2.45) is 5.14 Å². The molecule has 3 N–H and O–H groups in total. The zero-order chi connectivity index (χ0) is 14.8. The number of anilines is 1. The van der Waals surface area contributed by atoms with Gasteiger partial charge in [0.25, 0.3) is 5.91 Å². The molecule has 1 aromatic carbocycles. The van der Waals surface area contributed by atoms with Crippen LogP contribution in [0, 0.1) is 0 Å². The van der Waals surface area contributed by atoms with E-state index >= 15 is 0 Å². The molecule has 1 heterocycles. The molecule has 0 saturated heterocycles. The van der Waals surface area contributed by atoms with E-state index < -0.39 is 15.9 Å². The molecule has 20 heavy (non-hydrogen) atoms. The number of primary sulfonamides is 1. The van der Waals surface area contributed by atoms with E-state index in [-0.39, 0.29) is 4.90 Å². The van der Waals surface area contributed by atoms with Crippen molar-refractivity contribution in [3.05, 3.63) is 52.8 Å². The molecule has 0 saturated carbocycles. The molecule has 0 radical (unpaired) electrons. The Morgan fingerprint density at radius 2 is 2.00 bits per heavy atom. The predicted molar refractivity (Wildman–Crippen MR) is 77.7 cm³/mol. The molecule has 1 aromatic heterocycles. The van der Waals surface area contributed by atoms with Crippen LogP contribution in [-0.2, 0) is 10.0 Å². The van der Waals surface area contributed by atoms with E-state index in [0.717, 1.165) is 0 Å². The van der Waals surface area contributed by atoms with Gasteiger partial charge in [0.2, 0.25) is 10.0 Å². The van der Waals surface area contributed by atoms with E-state index in [1.54, 1.807) is 24.4 Å². The highest BCUT2D eigenvalue weighted by Crippen LogP contribution is 2.17. The number of carbonyl (C=O) groups excluding carboxylic acids is 1. The van der Waals surface area contributed by atoms with Crippen LogP contribution >= 0.6 is 15.9 Å². The average molecular weight is 356 g/mol. The third-order valence-electron chi connectivity index (χ3n) is 2.42. The molecule has 0 bridgehead atoms. The lowest BCUT2D eigenvalue weighted by molar-refractivity contribution is 0.102. The molecular formula is C12H10BrN3O3S. The van der Waals surface area contributed by atoms with Gasteiger partial charge in [-0.2, -0.15) is 0 Å². The summed E-state index contributed by atoms with van der Waals surface area (Å²) >= 11 is 3.17. The number of sulfonamides is 1. The lowest BCUT2D eigenvalue weighted by atomic mass is 10.2. The minimum Gasteiger partial charge on any atom is -0.322 e. The van der Waals surface area contributed by atoms with Crippen molar-refractivity contribution in [1.82, 2.24) is 4.98 Å². The van der Waals surface area contributed by atoms with Gasteiger partial charge < -0.3 is 5.32 Å². The number of carbonyl (C=O) groups is 1. The van der Waals surface area contributed by atoms with Crippen molar-refractivity contribution < 1.29 is 13.2 Å². The van der Waals surface area contributed by atoms with E-state index in [4.69, 9.17) is 5.14 Å². The first-order valence-electron chi connectivity index (χ1n) is 5.42. The number of nitrogens with one attached hydrogen (secondary N) is 1. The lowest BCUT2D eigenvalue weighted by Gasteiger charge is -2.07. The Morgan fingerprint density at radius 1 is 1.25 bits per heavy atom. The zero-order valence-electron chi connectivity index (χ0n) is 10.1. The minimum absolute atomic E-state index is 0.0689. The summed E-state index contributed by atoms with van der Waals surface area (Å²) in [4.78, 5) is 15.9. The topological polar surface area (TPSA) is 102 Å². The summed E-state index contributed by atoms with van der Waals surface area (Å²) < 4.78 is 22.9. The van der Waals surface area contributed by atoms with E-state index in [9.17, 15) is 13.2 Å². The fourth-order valence-corrected chi connectivity index (χ4v) is 2.49. The molecule has 2 rings (SSSR count). The van der Waals surface area contributed by atoms with Gasteiger partial charge in [-0.25, -0.2) is 18.5 Å². The number of hydrogen-bond acceptors (Lipinski definition) is 4. The third kappa shape index (κ3) is 3.41. The van der Waals surface area contributed by atoms with Crippen LogP contribution in [0.4, 0.5) is 5.69 Å². The summed E-state index contributed by atoms with van der Waals surface area (Å²) in [6.07, 6.45) is 1.54. The maximum atomic E-state index is 12.0. The van der Waals surface area contributed by atoms with Gasteiger partial charge >= 0.3 is 0 Å². The molecule has 0 fully saturated rings. The number of halogens is 1. The molecule has 0 atom stereocenters. The lowest BCUT2D eigenvalue weighted by Crippen LogP contribution is -2.15. The highest BCUT2D eigenvalue weighted by molar-refractivity contribution is 9.10. The molecule has 0 aliphatic rings. The second kappa shape index (κ2) is 5.70. The van der Waals surface area contributed by atoms with Crippen molar-refractivity contribution in [1.29, 1.82) is 0 Å². The SMILES string of the molecule is NS(=O)(=O)c1cccc(NC(=O)c2cccnc2Br)c1. The fourth-order valence-electron chi connectivity index (χ4n) is 1.50. The minimum atomic E-state index is -3.81. The van der Waals surface area contributed by atoms with E-state index in [1.165, 1.54) is 18.2 Å². The molecule has 0 spiro atoms. The second-order valence-electron chi connectivity index (χ2n) is 3.87. The molecule has 1 amide bonds. The summed E-state index contributed by atoms with van der Waals surface area (Å²) in [5.74, 6) is -0.406. The van der Waals surface area contributed by atoms with Crippen LogP contribution in [0.2, 0.25) is 0 Å². The summed E-state index contributed by atoms with van der Waals surface area (Å²) in [6, 6.07) is 8.92. The summed E-state index contributed by atoms with van der Waals surface area (Å²) in [5.41, 5.74) is 0.672. The predicted octanol–water partition coefficient (Wildman–Crippen LogP) is 1.74. The van der Waals surface area contributed by atoms with Crippen molar-refractivity contribution in [3.8, 4) is 0 Å². The Bertz CT molecular complexity index is 762. The molecule has 2 aromatic rings. The van der Waals surface area contributed by atoms with Gasteiger partial charge in [0.05, 0.1) is 10.5 Å². The van der Waals surface area contributed by atoms with Crippen LogP contribution in [0.25, 0.3) is 0 Å². The fraction of sp³-hybridized carbons (Fsp3) is 0. The standard InChI is InChI=1S/C12H10BrN3O3S/c13-11-10(5-2-6-15-11)12(17)16-8-3-1-4-9(7-8)20(14,18)19/h1-7H,(H,16,17)(H2,14,18,19). The number of amides is 1. The Balaban J connectivity index is 2.27. The van der Waals surface area contributed by atoms with Crippen LogP contribution in [-0.4, -0.2) is 19.3 Å². The maximum absolute atomic E-state index is 12.0. The third-order valence-corrected chi connectivity index (χ3v) is 3.97. The van der Waals surface area contributed by atoms with E-state index in [1.807, 2.05) is 0 Å². The van der Waals surface area contributed by atoms with Crippen molar-refractivity contribution >= 4 is 37.5 Å². The Morgan fingerprint density at radius 3 is 2.65 bits per heavy atom.